The predicted molar refractivity (Wildman–Crippen MR) is 60.0 cm³/mol. The predicted octanol–water partition coefficient (Wildman–Crippen LogP) is 0.278. The summed E-state index contributed by atoms with van der Waals surface area (Å²) in [5.41, 5.74) is 5.06. The third-order valence-electron chi connectivity index (χ3n) is 3.09. The van der Waals surface area contributed by atoms with Crippen molar-refractivity contribution in [1.29, 1.82) is 0 Å². The van der Waals surface area contributed by atoms with Crippen LogP contribution >= 0.6 is 0 Å². The van der Waals surface area contributed by atoms with Gasteiger partial charge in [-0.3, -0.25) is 9.59 Å². The first kappa shape index (κ1) is 11.6. The van der Waals surface area contributed by atoms with Gasteiger partial charge in [0.25, 0.3) is 5.91 Å². The Morgan fingerprint density at radius 2 is 2.18 bits per heavy atom. The van der Waals surface area contributed by atoms with Gasteiger partial charge in [-0.2, -0.15) is 5.21 Å². The third kappa shape index (κ3) is 2.43. The molecule has 2 amide bonds. The van der Waals surface area contributed by atoms with E-state index in [9.17, 15) is 9.59 Å². The fourth-order valence-corrected chi connectivity index (χ4v) is 2.15. The number of hydrogen-bond acceptors (Lipinski definition) is 4. The van der Waals surface area contributed by atoms with E-state index < -0.39 is 5.91 Å². The smallest absolute Gasteiger partial charge is 0.273 e. The quantitative estimate of drug-likeness (QED) is 0.700. The van der Waals surface area contributed by atoms with Gasteiger partial charge in [-0.25, -0.2) is 0 Å². The van der Waals surface area contributed by atoms with Gasteiger partial charge in [0.2, 0.25) is 5.91 Å². The van der Waals surface area contributed by atoms with Gasteiger partial charge in [0.1, 0.15) is 0 Å². The number of aromatic nitrogens is 3. The first-order valence-electron chi connectivity index (χ1n) is 5.59. The Bertz CT molecular complexity index is 442. The van der Waals surface area contributed by atoms with E-state index in [4.69, 9.17) is 5.73 Å². The van der Waals surface area contributed by atoms with Crippen LogP contribution < -0.4 is 11.1 Å². The van der Waals surface area contributed by atoms with Crippen LogP contribution in [0.1, 0.15) is 36.7 Å². The molecule has 7 nitrogen and oxygen atoms in total. The van der Waals surface area contributed by atoms with Crippen LogP contribution in [0.3, 0.4) is 0 Å². The Morgan fingerprint density at radius 1 is 1.41 bits per heavy atom. The zero-order valence-corrected chi connectivity index (χ0v) is 9.56. The Balaban J connectivity index is 2.03. The summed E-state index contributed by atoms with van der Waals surface area (Å²) in [4.78, 5) is 22.9. The van der Waals surface area contributed by atoms with Crippen molar-refractivity contribution >= 4 is 17.6 Å². The maximum Gasteiger partial charge on any atom is 0.273 e. The number of rotatable bonds is 3. The van der Waals surface area contributed by atoms with Gasteiger partial charge in [-0.15, -0.1) is 10.2 Å². The summed E-state index contributed by atoms with van der Waals surface area (Å²) in [7, 11) is 0. The molecule has 1 aromatic heterocycles. The first-order valence-corrected chi connectivity index (χ1v) is 5.59. The van der Waals surface area contributed by atoms with E-state index in [1.165, 1.54) is 0 Å². The standard InChI is InChI=1S/C10H15N5O2/c1-5-2-3-6(4-5)10(17)12-9-7(8(11)16)13-15-14-9/h5-6H,2-4H2,1H3,(H2,11,16)(H2,12,13,14,15,17). The summed E-state index contributed by atoms with van der Waals surface area (Å²) < 4.78 is 0. The molecular weight excluding hydrogens is 222 g/mol. The molecule has 1 aromatic rings. The lowest BCUT2D eigenvalue weighted by atomic mass is 10.1. The second-order valence-electron chi connectivity index (χ2n) is 4.49. The van der Waals surface area contributed by atoms with Crippen molar-refractivity contribution in [2.45, 2.75) is 26.2 Å². The molecule has 0 aromatic carbocycles. The number of nitrogens with two attached hydrogens (primary N) is 1. The van der Waals surface area contributed by atoms with Crippen molar-refractivity contribution in [3.8, 4) is 0 Å². The molecule has 7 heteroatoms. The van der Waals surface area contributed by atoms with E-state index in [0.717, 1.165) is 19.3 Å². The zero-order valence-electron chi connectivity index (χ0n) is 9.56. The summed E-state index contributed by atoms with van der Waals surface area (Å²) in [5.74, 6) is -0.164. The van der Waals surface area contributed by atoms with Crippen LogP contribution in [0.15, 0.2) is 0 Å². The lowest BCUT2D eigenvalue weighted by Crippen LogP contribution is -2.23. The summed E-state index contributed by atoms with van der Waals surface area (Å²) in [6.45, 7) is 2.12. The summed E-state index contributed by atoms with van der Waals surface area (Å²) in [5, 5.41) is 12.1. The van der Waals surface area contributed by atoms with E-state index in [1.807, 2.05) is 0 Å². The van der Waals surface area contributed by atoms with Gasteiger partial charge in [0.05, 0.1) is 0 Å². The fraction of sp³-hybridized carbons (Fsp3) is 0.600. The lowest BCUT2D eigenvalue weighted by molar-refractivity contribution is -0.119. The third-order valence-corrected chi connectivity index (χ3v) is 3.09. The van der Waals surface area contributed by atoms with E-state index in [1.54, 1.807) is 0 Å². The minimum Gasteiger partial charge on any atom is -0.364 e. The number of aromatic amines is 1. The molecule has 0 bridgehead atoms. The number of nitrogens with zero attached hydrogens (tertiary/aromatic N) is 2. The average Bonchev–Trinajstić information content (AvgIpc) is 2.86. The van der Waals surface area contributed by atoms with Crippen LogP contribution in [0.2, 0.25) is 0 Å². The van der Waals surface area contributed by atoms with E-state index >= 15 is 0 Å². The average molecular weight is 237 g/mol. The van der Waals surface area contributed by atoms with E-state index in [2.05, 4.69) is 27.7 Å². The van der Waals surface area contributed by atoms with E-state index in [-0.39, 0.29) is 23.3 Å². The molecule has 1 fully saturated rings. The molecule has 0 spiro atoms. The highest BCUT2D eigenvalue weighted by Crippen LogP contribution is 2.31. The molecule has 17 heavy (non-hydrogen) atoms. The lowest BCUT2D eigenvalue weighted by Gasteiger charge is -2.08. The number of carbonyl (C=O) groups is 2. The molecule has 1 heterocycles. The van der Waals surface area contributed by atoms with Gasteiger partial charge >= 0.3 is 0 Å². The normalized spacial score (nSPS) is 23.6. The van der Waals surface area contributed by atoms with E-state index in [0.29, 0.717) is 5.92 Å². The van der Waals surface area contributed by atoms with Gasteiger partial charge < -0.3 is 11.1 Å². The second-order valence-corrected chi connectivity index (χ2v) is 4.49. The first-order chi connectivity index (χ1) is 8.08. The Hall–Kier alpha value is -1.92. The van der Waals surface area contributed by atoms with Crippen molar-refractivity contribution in [1.82, 2.24) is 15.4 Å². The van der Waals surface area contributed by atoms with Crippen LogP contribution in [-0.2, 0) is 4.79 Å². The zero-order chi connectivity index (χ0) is 12.4. The van der Waals surface area contributed by atoms with Gasteiger partial charge in [-0.05, 0) is 25.2 Å². The minimum atomic E-state index is -0.714. The summed E-state index contributed by atoms with van der Waals surface area (Å²) in [6.07, 6.45) is 2.80. The van der Waals surface area contributed by atoms with Gasteiger partial charge in [-0.1, -0.05) is 6.92 Å². The Labute approximate surface area is 98.1 Å². The molecular formula is C10H15N5O2. The SMILES string of the molecule is CC1CCC(C(=O)Nc2n[nH]nc2C(N)=O)C1. The van der Waals surface area contributed by atoms with Crippen LogP contribution in [0.25, 0.3) is 0 Å². The van der Waals surface area contributed by atoms with Crippen molar-refractivity contribution in [2.24, 2.45) is 17.6 Å². The molecule has 0 saturated heterocycles. The van der Waals surface area contributed by atoms with Crippen LogP contribution in [0.4, 0.5) is 5.82 Å². The number of hydrogen-bond donors (Lipinski definition) is 3. The van der Waals surface area contributed by atoms with Crippen molar-refractivity contribution in [3.63, 3.8) is 0 Å². The van der Waals surface area contributed by atoms with Crippen LogP contribution in [0, 0.1) is 11.8 Å². The highest BCUT2D eigenvalue weighted by Gasteiger charge is 2.28. The topological polar surface area (TPSA) is 114 Å². The highest BCUT2D eigenvalue weighted by atomic mass is 16.2. The number of H-pyrrole nitrogens is 1. The van der Waals surface area contributed by atoms with Crippen LogP contribution in [0.5, 0.6) is 0 Å². The molecule has 0 aliphatic heterocycles. The molecule has 1 aliphatic rings. The molecule has 2 rings (SSSR count). The number of anilines is 1. The molecule has 92 valence electrons. The maximum atomic E-state index is 11.9. The molecule has 2 unspecified atom stereocenters. The minimum absolute atomic E-state index is 0.0116. The molecule has 1 aliphatic carbocycles. The molecule has 0 radical (unpaired) electrons. The van der Waals surface area contributed by atoms with Crippen molar-refractivity contribution < 1.29 is 9.59 Å². The number of carbonyl (C=O) groups excluding carboxylic acids is 2. The monoisotopic (exact) mass is 237 g/mol. The summed E-state index contributed by atoms with van der Waals surface area (Å²) in [6, 6.07) is 0. The largest absolute Gasteiger partial charge is 0.364 e. The Kier molecular flexibility index (Phi) is 3.08. The highest BCUT2D eigenvalue weighted by molar-refractivity contribution is 6.00. The number of amides is 2. The second kappa shape index (κ2) is 4.52. The van der Waals surface area contributed by atoms with Crippen LogP contribution in [-0.4, -0.2) is 27.2 Å². The van der Waals surface area contributed by atoms with Gasteiger partial charge in [0.15, 0.2) is 11.5 Å². The molecule has 1 saturated carbocycles. The Morgan fingerprint density at radius 3 is 2.76 bits per heavy atom. The number of primary amides is 1. The summed E-state index contributed by atoms with van der Waals surface area (Å²) >= 11 is 0. The van der Waals surface area contributed by atoms with Crippen molar-refractivity contribution in [3.05, 3.63) is 5.69 Å². The number of nitrogens with one attached hydrogen (secondary N) is 2. The molecule has 4 N–H and O–H groups in total. The van der Waals surface area contributed by atoms with Crippen molar-refractivity contribution in [2.75, 3.05) is 5.32 Å². The van der Waals surface area contributed by atoms with Gasteiger partial charge in [0, 0.05) is 5.92 Å². The fourth-order valence-electron chi connectivity index (χ4n) is 2.15. The maximum absolute atomic E-state index is 11.9. The molecule has 2 atom stereocenters.